The smallest absolute Gasteiger partial charge is 0.183 e. The van der Waals surface area contributed by atoms with Gasteiger partial charge in [-0.25, -0.2) is 0 Å². The summed E-state index contributed by atoms with van der Waals surface area (Å²) in [6.07, 6.45) is 2.01. The maximum atomic E-state index is 12.8. The predicted octanol–water partition coefficient (Wildman–Crippen LogP) is 2.70. The molecule has 0 radical (unpaired) electrons. The lowest BCUT2D eigenvalue weighted by molar-refractivity contribution is -0.00440. The zero-order chi connectivity index (χ0) is 13.9. The summed E-state index contributed by atoms with van der Waals surface area (Å²) >= 11 is 1.62. The molecule has 0 saturated carbocycles. The molecule has 0 aliphatic carbocycles. The van der Waals surface area contributed by atoms with E-state index < -0.39 is 5.54 Å². The molecule has 0 spiro atoms. The second kappa shape index (κ2) is 6.07. The Kier molecular flexibility index (Phi) is 4.66. The molecular weight excluding hydrogens is 258 g/mol. The molecule has 0 unspecified atom stereocenters. The van der Waals surface area contributed by atoms with Crippen LogP contribution in [0.2, 0.25) is 0 Å². The van der Waals surface area contributed by atoms with Gasteiger partial charge in [0.15, 0.2) is 5.78 Å². The molecule has 0 N–H and O–H groups in total. The van der Waals surface area contributed by atoms with Crippen LogP contribution in [0.1, 0.15) is 24.2 Å². The molecular formula is C15H21NO2S. The zero-order valence-corrected chi connectivity index (χ0v) is 12.6. The molecule has 0 aromatic heterocycles. The van der Waals surface area contributed by atoms with E-state index in [2.05, 4.69) is 4.90 Å². The molecule has 1 heterocycles. The summed E-state index contributed by atoms with van der Waals surface area (Å²) in [6.45, 7) is 7.08. The van der Waals surface area contributed by atoms with Gasteiger partial charge in [-0.1, -0.05) is 18.2 Å². The number of ketones is 1. The lowest BCUT2D eigenvalue weighted by Gasteiger charge is -2.39. The Morgan fingerprint density at radius 3 is 2.53 bits per heavy atom. The Labute approximate surface area is 119 Å². The quantitative estimate of drug-likeness (QED) is 0.626. The number of hydrogen-bond acceptors (Lipinski definition) is 4. The van der Waals surface area contributed by atoms with E-state index in [1.165, 1.54) is 0 Å². The maximum absolute atomic E-state index is 12.8. The van der Waals surface area contributed by atoms with Crippen molar-refractivity contribution in [2.24, 2.45) is 0 Å². The number of carbonyl (C=O) groups excluding carboxylic acids is 1. The summed E-state index contributed by atoms with van der Waals surface area (Å²) in [4.78, 5) is 16.1. The van der Waals surface area contributed by atoms with Crippen molar-refractivity contribution < 1.29 is 9.53 Å². The van der Waals surface area contributed by atoms with Crippen molar-refractivity contribution in [1.82, 2.24) is 4.90 Å². The lowest BCUT2D eigenvalue weighted by atomic mass is 9.91. The van der Waals surface area contributed by atoms with Crippen LogP contribution < -0.4 is 0 Å². The van der Waals surface area contributed by atoms with Gasteiger partial charge in [-0.15, -0.1) is 11.8 Å². The average molecular weight is 279 g/mol. The third-order valence-corrected chi connectivity index (χ3v) is 4.50. The molecule has 3 nitrogen and oxygen atoms in total. The van der Waals surface area contributed by atoms with E-state index in [4.69, 9.17) is 4.74 Å². The van der Waals surface area contributed by atoms with Crippen LogP contribution in [0.5, 0.6) is 0 Å². The molecule has 19 heavy (non-hydrogen) atoms. The van der Waals surface area contributed by atoms with Gasteiger partial charge in [-0.3, -0.25) is 9.69 Å². The fraction of sp³-hybridized carbons (Fsp3) is 0.533. The van der Waals surface area contributed by atoms with Crippen LogP contribution in [0.4, 0.5) is 0 Å². The van der Waals surface area contributed by atoms with Gasteiger partial charge in [0.1, 0.15) is 0 Å². The molecule has 1 aromatic rings. The molecule has 0 amide bonds. The van der Waals surface area contributed by atoms with Gasteiger partial charge in [0.2, 0.25) is 0 Å². The van der Waals surface area contributed by atoms with E-state index in [1.54, 1.807) is 11.8 Å². The van der Waals surface area contributed by atoms with Crippen molar-refractivity contribution in [3.05, 3.63) is 29.8 Å². The van der Waals surface area contributed by atoms with Gasteiger partial charge in [-0.05, 0) is 26.2 Å². The molecule has 1 fully saturated rings. The number of carbonyl (C=O) groups is 1. The van der Waals surface area contributed by atoms with E-state index in [-0.39, 0.29) is 5.78 Å². The highest BCUT2D eigenvalue weighted by Crippen LogP contribution is 2.27. The minimum atomic E-state index is -0.477. The summed E-state index contributed by atoms with van der Waals surface area (Å²) in [6, 6.07) is 7.84. The zero-order valence-electron chi connectivity index (χ0n) is 11.8. The summed E-state index contributed by atoms with van der Waals surface area (Å²) in [5.41, 5.74) is 0.349. The highest BCUT2D eigenvalue weighted by molar-refractivity contribution is 7.98. The summed E-state index contributed by atoms with van der Waals surface area (Å²) in [5, 5.41) is 0. The number of ether oxygens (including phenoxy) is 1. The minimum absolute atomic E-state index is 0.194. The molecule has 1 saturated heterocycles. The molecule has 4 heteroatoms. The molecule has 1 aliphatic rings. The van der Waals surface area contributed by atoms with E-state index in [1.807, 2.05) is 44.4 Å². The summed E-state index contributed by atoms with van der Waals surface area (Å²) in [7, 11) is 0. The number of Topliss-reactive ketones (excluding diaryl/α,β-unsaturated/α-hetero) is 1. The van der Waals surface area contributed by atoms with Crippen molar-refractivity contribution in [2.75, 3.05) is 32.6 Å². The Bertz CT molecular complexity index is 453. The van der Waals surface area contributed by atoms with Crippen LogP contribution in [-0.4, -0.2) is 48.8 Å². The van der Waals surface area contributed by atoms with Gasteiger partial charge in [0.25, 0.3) is 0 Å². The minimum Gasteiger partial charge on any atom is -0.379 e. The SMILES string of the molecule is CSc1ccccc1C(=O)C(C)(C)N1CCOCC1. The molecule has 1 aromatic carbocycles. The Morgan fingerprint density at radius 1 is 1.26 bits per heavy atom. The van der Waals surface area contributed by atoms with Crippen LogP contribution in [-0.2, 0) is 4.74 Å². The number of morpholine rings is 1. The monoisotopic (exact) mass is 279 g/mol. The van der Waals surface area contributed by atoms with Gasteiger partial charge >= 0.3 is 0 Å². The van der Waals surface area contributed by atoms with Gasteiger partial charge < -0.3 is 4.74 Å². The van der Waals surface area contributed by atoms with Crippen LogP contribution in [0.3, 0.4) is 0 Å². The van der Waals surface area contributed by atoms with Gasteiger partial charge in [0.05, 0.1) is 18.8 Å². The standard InChI is InChI=1S/C15H21NO2S/c1-15(2,16-8-10-18-11-9-16)14(17)12-6-4-5-7-13(12)19-3/h4-7H,8-11H2,1-3H3. The van der Waals surface area contributed by atoms with Crippen LogP contribution >= 0.6 is 11.8 Å². The van der Waals surface area contributed by atoms with Crippen molar-refractivity contribution in [1.29, 1.82) is 0 Å². The number of nitrogens with zero attached hydrogens (tertiary/aromatic N) is 1. The fourth-order valence-corrected chi connectivity index (χ4v) is 3.02. The Morgan fingerprint density at radius 2 is 1.89 bits per heavy atom. The fourth-order valence-electron chi connectivity index (χ4n) is 2.43. The second-order valence-corrected chi connectivity index (χ2v) is 6.04. The van der Waals surface area contributed by atoms with E-state index in [0.717, 1.165) is 23.5 Å². The largest absolute Gasteiger partial charge is 0.379 e. The van der Waals surface area contributed by atoms with E-state index in [0.29, 0.717) is 13.2 Å². The highest BCUT2D eigenvalue weighted by Gasteiger charge is 2.36. The predicted molar refractivity (Wildman–Crippen MR) is 79.0 cm³/mol. The summed E-state index contributed by atoms with van der Waals surface area (Å²) in [5.74, 6) is 0.194. The average Bonchev–Trinajstić information content (AvgIpc) is 2.47. The second-order valence-electron chi connectivity index (χ2n) is 5.19. The molecule has 1 aliphatic heterocycles. The third-order valence-electron chi connectivity index (χ3n) is 3.71. The van der Waals surface area contributed by atoms with Crippen molar-refractivity contribution >= 4 is 17.5 Å². The first-order valence-electron chi connectivity index (χ1n) is 6.58. The Balaban J connectivity index is 2.26. The Hall–Kier alpha value is -0.840. The van der Waals surface area contributed by atoms with Crippen molar-refractivity contribution in [3.8, 4) is 0 Å². The maximum Gasteiger partial charge on any atom is 0.183 e. The molecule has 104 valence electrons. The molecule has 0 bridgehead atoms. The number of thioether (sulfide) groups is 1. The van der Waals surface area contributed by atoms with Crippen molar-refractivity contribution in [2.45, 2.75) is 24.3 Å². The topological polar surface area (TPSA) is 29.5 Å². The normalized spacial score (nSPS) is 17.4. The highest BCUT2D eigenvalue weighted by atomic mass is 32.2. The van der Waals surface area contributed by atoms with Crippen LogP contribution in [0.25, 0.3) is 0 Å². The van der Waals surface area contributed by atoms with E-state index in [9.17, 15) is 4.79 Å². The number of hydrogen-bond donors (Lipinski definition) is 0. The van der Waals surface area contributed by atoms with Gasteiger partial charge in [-0.2, -0.15) is 0 Å². The third kappa shape index (κ3) is 3.02. The number of benzene rings is 1. The first-order chi connectivity index (χ1) is 9.07. The van der Waals surface area contributed by atoms with Gasteiger partial charge in [0, 0.05) is 23.5 Å². The number of rotatable bonds is 4. The first-order valence-corrected chi connectivity index (χ1v) is 7.80. The van der Waals surface area contributed by atoms with Crippen LogP contribution in [0, 0.1) is 0 Å². The first kappa shape index (κ1) is 14.6. The molecule has 2 rings (SSSR count). The molecule has 0 atom stereocenters. The lowest BCUT2D eigenvalue weighted by Crippen LogP contribution is -2.54. The van der Waals surface area contributed by atoms with E-state index >= 15 is 0 Å². The van der Waals surface area contributed by atoms with Crippen molar-refractivity contribution in [3.63, 3.8) is 0 Å². The van der Waals surface area contributed by atoms with Crippen LogP contribution in [0.15, 0.2) is 29.2 Å². The summed E-state index contributed by atoms with van der Waals surface area (Å²) < 4.78 is 5.37.